The van der Waals surface area contributed by atoms with Gasteiger partial charge in [-0.2, -0.15) is 0 Å². The molecule has 24 heavy (non-hydrogen) atoms. The molecule has 120 valence electrons. The first-order chi connectivity index (χ1) is 11.8. The summed E-state index contributed by atoms with van der Waals surface area (Å²) in [5.41, 5.74) is 1.45. The largest absolute Gasteiger partial charge is 0.485 e. The molecule has 0 saturated carbocycles. The van der Waals surface area contributed by atoms with Crippen LogP contribution < -0.4 is 14.8 Å². The van der Waals surface area contributed by atoms with Crippen LogP contribution in [0.5, 0.6) is 11.5 Å². The Morgan fingerprint density at radius 3 is 2.67 bits per heavy atom. The van der Waals surface area contributed by atoms with Crippen LogP contribution in [0.2, 0.25) is 0 Å². The maximum absolute atomic E-state index is 12.3. The van der Waals surface area contributed by atoms with Gasteiger partial charge in [-0.3, -0.25) is 4.79 Å². The predicted octanol–water partition coefficient (Wildman–Crippen LogP) is 1.44. The lowest BCUT2D eigenvalue weighted by Gasteiger charge is -2.25. The van der Waals surface area contributed by atoms with E-state index in [1.165, 1.54) is 11.0 Å². The van der Waals surface area contributed by atoms with Crippen molar-refractivity contribution in [3.05, 3.63) is 54.9 Å². The van der Waals surface area contributed by atoms with Crippen molar-refractivity contribution in [1.82, 2.24) is 20.2 Å². The van der Waals surface area contributed by atoms with E-state index in [1.807, 2.05) is 12.1 Å². The van der Waals surface area contributed by atoms with E-state index in [4.69, 9.17) is 9.47 Å². The topological polar surface area (TPSA) is 91.2 Å². The van der Waals surface area contributed by atoms with Gasteiger partial charge in [-0.1, -0.05) is 12.1 Å². The lowest BCUT2D eigenvalue weighted by molar-refractivity contribution is -0.125. The second-order valence-electron chi connectivity index (χ2n) is 5.15. The summed E-state index contributed by atoms with van der Waals surface area (Å²) in [7, 11) is 0. The van der Waals surface area contributed by atoms with Crippen LogP contribution >= 0.6 is 0 Å². The molecular formula is C16H13N5O3. The van der Waals surface area contributed by atoms with Gasteiger partial charge in [-0.05, 0) is 46.8 Å². The Bertz CT molecular complexity index is 848. The van der Waals surface area contributed by atoms with Crippen LogP contribution in [0.15, 0.2) is 54.9 Å². The Hall–Kier alpha value is -3.42. The monoisotopic (exact) mass is 323 g/mol. The van der Waals surface area contributed by atoms with E-state index < -0.39 is 6.10 Å². The van der Waals surface area contributed by atoms with E-state index in [-0.39, 0.29) is 12.5 Å². The maximum Gasteiger partial charge on any atom is 0.269 e. The fourth-order valence-electron chi connectivity index (χ4n) is 2.35. The summed E-state index contributed by atoms with van der Waals surface area (Å²) >= 11 is 0. The van der Waals surface area contributed by atoms with Gasteiger partial charge in [0.2, 0.25) is 6.10 Å². The second-order valence-corrected chi connectivity index (χ2v) is 5.15. The van der Waals surface area contributed by atoms with Crippen LogP contribution in [0.3, 0.4) is 0 Å². The molecular weight excluding hydrogens is 310 g/mol. The number of rotatable bonds is 3. The van der Waals surface area contributed by atoms with Gasteiger partial charge in [-0.15, -0.1) is 5.10 Å². The van der Waals surface area contributed by atoms with Crippen LogP contribution in [-0.4, -0.2) is 38.8 Å². The van der Waals surface area contributed by atoms with E-state index in [9.17, 15) is 4.79 Å². The SMILES string of the molecule is O=C(Nc1ccc(-n2cnnn2)cc1)[C@H]1COc2ccccc2O1. The number of tetrazole rings is 1. The summed E-state index contributed by atoms with van der Waals surface area (Å²) in [6.45, 7) is 0.172. The number of para-hydroxylation sites is 2. The highest BCUT2D eigenvalue weighted by Crippen LogP contribution is 2.31. The van der Waals surface area contributed by atoms with Gasteiger partial charge in [-0.25, -0.2) is 4.68 Å². The molecule has 0 spiro atoms. The number of hydrogen-bond donors (Lipinski definition) is 1. The molecule has 2 heterocycles. The highest BCUT2D eigenvalue weighted by atomic mass is 16.6. The number of benzene rings is 2. The van der Waals surface area contributed by atoms with Crippen molar-refractivity contribution >= 4 is 11.6 Å². The minimum absolute atomic E-state index is 0.172. The van der Waals surface area contributed by atoms with Crippen molar-refractivity contribution in [1.29, 1.82) is 0 Å². The van der Waals surface area contributed by atoms with E-state index in [0.29, 0.717) is 17.2 Å². The average Bonchev–Trinajstić information content (AvgIpc) is 3.16. The minimum atomic E-state index is -0.695. The zero-order valence-electron chi connectivity index (χ0n) is 12.5. The molecule has 1 atom stereocenters. The van der Waals surface area contributed by atoms with Crippen molar-refractivity contribution in [3.8, 4) is 17.2 Å². The fourth-order valence-corrected chi connectivity index (χ4v) is 2.35. The Morgan fingerprint density at radius 1 is 1.12 bits per heavy atom. The van der Waals surface area contributed by atoms with Crippen LogP contribution in [-0.2, 0) is 4.79 Å². The smallest absolute Gasteiger partial charge is 0.269 e. The van der Waals surface area contributed by atoms with Crippen LogP contribution in [0.4, 0.5) is 5.69 Å². The standard InChI is InChI=1S/C16H13N5O3/c22-16(15-9-23-13-3-1-2-4-14(13)24-15)18-11-5-7-12(8-6-11)21-10-17-19-20-21/h1-8,10,15H,9H2,(H,18,22)/t15-/m1/s1. The number of carbonyl (C=O) groups excluding carboxylic acids is 1. The molecule has 1 amide bonds. The third-order valence-corrected chi connectivity index (χ3v) is 3.55. The Labute approximate surface area is 137 Å². The van der Waals surface area contributed by atoms with Crippen molar-refractivity contribution in [3.63, 3.8) is 0 Å². The van der Waals surface area contributed by atoms with Gasteiger partial charge >= 0.3 is 0 Å². The van der Waals surface area contributed by atoms with Crippen LogP contribution in [0.25, 0.3) is 5.69 Å². The van der Waals surface area contributed by atoms with E-state index in [0.717, 1.165) is 5.69 Å². The molecule has 1 N–H and O–H groups in total. The van der Waals surface area contributed by atoms with Crippen molar-refractivity contribution in [2.24, 2.45) is 0 Å². The minimum Gasteiger partial charge on any atom is -0.485 e. The Balaban J connectivity index is 1.43. The molecule has 0 fully saturated rings. The van der Waals surface area contributed by atoms with Gasteiger partial charge < -0.3 is 14.8 Å². The molecule has 0 saturated heterocycles. The number of carbonyl (C=O) groups is 1. The van der Waals surface area contributed by atoms with Gasteiger partial charge in [0, 0.05) is 5.69 Å². The number of nitrogens with zero attached hydrogens (tertiary/aromatic N) is 4. The molecule has 1 aliphatic heterocycles. The summed E-state index contributed by atoms with van der Waals surface area (Å²) in [5.74, 6) is 0.949. The van der Waals surface area contributed by atoms with E-state index >= 15 is 0 Å². The molecule has 8 nitrogen and oxygen atoms in total. The van der Waals surface area contributed by atoms with Crippen molar-refractivity contribution in [2.75, 3.05) is 11.9 Å². The number of aromatic nitrogens is 4. The number of ether oxygens (including phenoxy) is 2. The Morgan fingerprint density at radius 2 is 1.92 bits per heavy atom. The zero-order chi connectivity index (χ0) is 16.4. The fraction of sp³-hybridized carbons (Fsp3) is 0.125. The second kappa shape index (κ2) is 5.99. The number of anilines is 1. The third kappa shape index (κ3) is 2.76. The first kappa shape index (κ1) is 14.2. The van der Waals surface area contributed by atoms with Gasteiger partial charge in [0.1, 0.15) is 12.9 Å². The number of hydrogen-bond acceptors (Lipinski definition) is 6. The third-order valence-electron chi connectivity index (χ3n) is 3.55. The molecule has 0 aliphatic carbocycles. The average molecular weight is 323 g/mol. The molecule has 1 aromatic heterocycles. The first-order valence-electron chi connectivity index (χ1n) is 7.32. The molecule has 3 aromatic rings. The van der Waals surface area contributed by atoms with Crippen LogP contribution in [0, 0.1) is 0 Å². The molecule has 1 aliphatic rings. The number of amides is 1. The Kier molecular flexibility index (Phi) is 3.54. The molecule has 8 heteroatoms. The molecule has 0 bridgehead atoms. The number of nitrogens with one attached hydrogen (secondary N) is 1. The molecule has 2 aromatic carbocycles. The molecule has 4 rings (SSSR count). The van der Waals surface area contributed by atoms with E-state index in [1.54, 1.807) is 36.4 Å². The van der Waals surface area contributed by atoms with Gasteiger partial charge in [0.25, 0.3) is 5.91 Å². The van der Waals surface area contributed by atoms with Crippen molar-refractivity contribution < 1.29 is 14.3 Å². The van der Waals surface area contributed by atoms with Gasteiger partial charge in [0.15, 0.2) is 11.5 Å². The summed E-state index contributed by atoms with van der Waals surface area (Å²) in [6.07, 6.45) is 0.803. The summed E-state index contributed by atoms with van der Waals surface area (Å²) in [4.78, 5) is 12.3. The predicted molar refractivity (Wildman–Crippen MR) is 84.1 cm³/mol. The van der Waals surface area contributed by atoms with Crippen LogP contribution in [0.1, 0.15) is 0 Å². The van der Waals surface area contributed by atoms with Crippen molar-refractivity contribution in [2.45, 2.75) is 6.10 Å². The summed E-state index contributed by atoms with van der Waals surface area (Å²) in [6, 6.07) is 14.4. The highest BCUT2D eigenvalue weighted by Gasteiger charge is 2.27. The molecule has 0 radical (unpaired) electrons. The number of fused-ring (bicyclic) bond motifs is 1. The summed E-state index contributed by atoms with van der Waals surface area (Å²) < 4.78 is 12.8. The zero-order valence-corrected chi connectivity index (χ0v) is 12.5. The molecule has 0 unspecified atom stereocenters. The lowest BCUT2D eigenvalue weighted by Crippen LogP contribution is -2.40. The van der Waals surface area contributed by atoms with Gasteiger partial charge in [0.05, 0.1) is 5.69 Å². The van der Waals surface area contributed by atoms with E-state index in [2.05, 4.69) is 20.8 Å². The normalized spacial score (nSPS) is 15.8. The highest BCUT2D eigenvalue weighted by molar-refractivity contribution is 5.94. The quantitative estimate of drug-likeness (QED) is 0.784. The lowest BCUT2D eigenvalue weighted by atomic mass is 10.2. The summed E-state index contributed by atoms with van der Waals surface area (Å²) in [5, 5.41) is 13.8. The first-order valence-corrected chi connectivity index (χ1v) is 7.32. The maximum atomic E-state index is 12.3.